The highest BCUT2D eigenvalue weighted by Crippen LogP contribution is 2.31. The van der Waals surface area contributed by atoms with Crippen LogP contribution in [-0.2, 0) is 0 Å². The molecule has 62 heavy (non-hydrogen) atoms. The van der Waals surface area contributed by atoms with Gasteiger partial charge in [0.05, 0.1) is 5.69 Å². The molecule has 0 saturated heterocycles. The van der Waals surface area contributed by atoms with E-state index in [4.69, 9.17) is 24.4 Å². The third-order valence-electron chi connectivity index (χ3n) is 9.75. The molecule has 0 fully saturated rings. The Morgan fingerprint density at radius 2 is 1.32 bits per heavy atom. The number of rotatable bonds is 19. The molecule has 0 aliphatic rings. The highest BCUT2D eigenvalue weighted by Gasteiger charge is 2.20. The largest absolute Gasteiger partial charge is 0.437 e. The van der Waals surface area contributed by atoms with E-state index in [2.05, 4.69) is 89.2 Å². The molecule has 4 heterocycles. The first kappa shape index (κ1) is 47.5. The van der Waals surface area contributed by atoms with E-state index in [0.29, 0.717) is 39.7 Å². The zero-order valence-corrected chi connectivity index (χ0v) is 37.9. The van der Waals surface area contributed by atoms with Crippen molar-refractivity contribution >= 4 is 94.9 Å². The van der Waals surface area contributed by atoms with Gasteiger partial charge in [0, 0.05) is 49.3 Å². The number of hydrogen-bond donors (Lipinski definition) is 0. The fourth-order valence-electron chi connectivity index (χ4n) is 6.62. The van der Waals surface area contributed by atoms with Crippen LogP contribution in [-0.4, -0.2) is 31.8 Å². The molecule has 0 N–H and O–H groups in total. The average molecular weight is 834 g/mol. The molecule has 0 spiro atoms. The summed E-state index contributed by atoms with van der Waals surface area (Å²) < 4.78 is 10.7. The van der Waals surface area contributed by atoms with Crippen LogP contribution < -0.4 is 25.3 Å². The Kier molecular flexibility index (Phi) is 17.6. The quantitative estimate of drug-likeness (QED) is 0.0695. The number of nitrogens with zero attached hydrogens (tertiary/aromatic N) is 5. The Bertz CT molecular complexity index is 2920. The van der Waals surface area contributed by atoms with Crippen molar-refractivity contribution in [1.29, 1.82) is 0 Å². The smallest absolute Gasteiger partial charge is 0.227 e. The molecule has 0 bridgehead atoms. The summed E-state index contributed by atoms with van der Waals surface area (Å²) >= 11 is 1.71. The number of thiophene rings is 1. The molecule has 4 aromatic heterocycles. The molecule has 8 heteroatoms. The van der Waals surface area contributed by atoms with Crippen molar-refractivity contribution < 1.29 is 4.42 Å². The molecule has 0 unspecified atom stereocenters. The minimum absolute atomic E-state index is 0.384. The van der Waals surface area contributed by atoms with E-state index >= 15 is 0 Å². The maximum absolute atomic E-state index is 6.28. The fraction of sp³-hybridized carbons (Fsp3) is 0.111. The van der Waals surface area contributed by atoms with Crippen LogP contribution >= 0.6 is 11.3 Å². The van der Waals surface area contributed by atoms with Gasteiger partial charge in [-0.15, -0.1) is 0 Å². The minimum atomic E-state index is 0.384. The lowest BCUT2D eigenvalue weighted by Crippen LogP contribution is -2.21. The predicted molar refractivity (Wildman–Crippen MR) is 276 cm³/mol. The van der Waals surface area contributed by atoms with E-state index in [9.17, 15) is 0 Å². The van der Waals surface area contributed by atoms with Gasteiger partial charge in [-0.3, -0.25) is 0 Å². The van der Waals surface area contributed by atoms with Crippen LogP contribution in [0.25, 0.3) is 71.5 Å². The number of hydrogen-bond acceptors (Lipinski definition) is 6. The summed E-state index contributed by atoms with van der Waals surface area (Å²) in [4.78, 5) is 19.6. The summed E-state index contributed by atoms with van der Waals surface area (Å²) in [7, 11) is 0.895. The van der Waals surface area contributed by atoms with Crippen molar-refractivity contribution in [3.05, 3.63) is 209 Å². The molecule has 6 nitrogen and oxygen atoms in total. The topological polar surface area (TPSA) is 69.6 Å². The van der Waals surface area contributed by atoms with Gasteiger partial charge in [0.25, 0.3) is 0 Å². The third-order valence-corrected chi connectivity index (χ3v) is 11.0. The molecule has 4 rings (SSSR count). The van der Waals surface area contributed by atoms with Crippen LogP contribution in [0.3, 0.4) is 0 Å². The summed E-state index contributed by atoms with van der Waals surface area (Å²) in [6.07, 6.45) is 40.2. The van der Waals surface area contributed by atoms with E-state index in [1.165, 1.54) is 4.78 Å². The highest BCUT2D eigenvalue weighted by molar-refractivity contribution is 7.20. The monoisotopic (exact) mass is 833 g/mol. The van der Waals surface area contributed by atoms with Gasteiger partial charge in [-0.05, 0) is 80.6 Å². The summed E-state index contributed by atoms with van der Waals surface area (Å²) in [5.74, 6) is 1.82. The molecule has 0 aliphatic heterocycles. The summed E-state index contributed by atoms with van der Waals surface area (Å²) in [6.45, 7) is 44.8. The molecule has 0 radical (unpaired) electrons. The van der Waals surface area contributed by atoms with Gasteiger partial charge in [-0.2, -0.15) is 11.3 Å². The Balaban J connectivity index is 1.94. The Morgan fingerprint density at radius 1 is 0.710 bits per heavy atom. The van der Waals surface area contributed by atoms with Crippen LogP contribution in [0.1, 0.15) is 79.1 Å². The minimum Gasteiger partial charge on any atom is -0.437 e. The SMILES string of the molecule is C=C/C=C\C(=C/C)c1nc(/C(C=C)=C/C=C\C)nc(C(=C/C)/C=c2/nc(C(=C/C)/C=C(\C=C)n3c(C)c(/C=C\C=C)c(/C=c4/c(/C=C\C=C)c(BC)sc4=C)c3C=C)oc2=C)n1. The van der Waals surface area contributed by atoms with Crippen LogP contribution in [0.5, 0.6) is 0 Å². The first-order valence-electron chi connectivity index (χ1n) is 20.3. The predicted octanol–water partition coefficient (Wildman–Crippen LogP) is 10.1. The van der Waals surface area contributed by atoms with E-state index in [0.717, 1.165) is 67.5 Å². The van der Waals surface area contributed by atoms with Gasteiger partial charge >= 0.3 is 0 Å². The van der Waals surface area contributed by atoms with Gasteiger partial charge in [0.15, 0.2) is 24.8 Å². The molecule has 0 aliphatic carbocycles. The normalized spacial score (nSPS) is 13.9. The Morgan fingerprint density at radius 3 is 1.87 bits per heavy atom. The lowest BCUT2D eigenvalue weighted by Gasteiger charge is -2.12. The van der Waals surface area contributed by atoms with E-state index in [1.54, 1.807) is 35.6 Å². The zero-order chi connectivity index (χ0) is 45.3. The van der Waals surface area contributed by atoms with Crippen molar-refractivity contribution in [3.8, 4) is 0 Å². The Labute approximate surface area is 372 Å². The van der Waals surface area contributed by atoms with Gasteiger partial charge < -0.3 is 8.98 Å². The molecular formula is C54H56BN5OS. The molecule has 0 atom stereocenters. The van der Waals surface area contributed by atoms with Crippen molar-refractivity contribution in [2.45, 2.75) is 41.4 Å². The third kappa shape index (κ3) is 10.8. The molecule has 4 aromatic rings. The van der Waals surface area contributed by atoms with Gasteiger partial charge in [-0.1, -0.05) is 157 Å². The second-order valence-corrected chi connectivity index (χ2v) is 14.7. The van der Waals surface area contributed by atoms with Crippen molar-refractivity contribution in [2.75, 3.05) is 0 Å². The molecule has 0 saturated carbocycles. The standard InChI is InChI=1S/C54H56BN5OS/c1-15-25-29-39(19-5)51-57-52(40(20-6)30-26-16-2)59-53(58-51)41(21-7)34-48-37(12)61-54(56-48)42(22-8)33-43(23-9)60-36(11)44(31-27-17-3)47(49(60)24-10)35-46-38(13)62-50(55-14)45(46)32-28-18-4/h15-35,55H,1,3-4,6,9-10,12-13H2,2,5,7-8,11,14H3/b26-16-,29-25-,31-27-,32-28-,39-19+,40-30+,41-21+,42-22+,43-33+,46-35+,48-34+. The molecule has 312 valence electrons. The summed E-state index contributed by atoms with van der Waals surface area (Å²) in [6, 6.07) is 0. The second kappa shape index (κ2) is 23.0. The van der Waals surface area contributed by atoms with Crippen LogP contribution in [0, 0.1) is 6.92 Å². The summed E-state index contributed by atoms with van der Waals surface area (Å²) in [5.41, 5.74) is 9.20. The zero-order valence-electron chi connectivity index (χ0n) is 37.0. The van der Waals surface area contributed by atoms with Crippen molar-refractivity contribution in [2.24, 2.45) is 0 Å². The van der Waals surface area contributed by atoms with Gasteiger partial charge in [0.2, 0.25) is 5.89 Å². The van der Waals surface area contributed by atoms with Crippen LogP contribution in [0.2, 0.25) is 6.82 Å². The fourth-order valence-corrected chi connectivity index (χ4v) is 7.63. The average Bonchev–Trinajstić information content (AvgIpc) is 3.89. The van der Waals surface area contributed by atoms with Crippen molar-refractivity contribution in [3.63, 3.8) is 0 Å². The number of oxazole rings is 1. The number of aromatic nitrogens is 5. The number of allylic oxidation sites excluding steroid dienone is 21. The molecule has 0 amide bonds. The Hall–Kier alpha value is -7.16. The van der Waals surface area contributed by atoms with Crippen LogP contribution in [0.15, 0.2) is 141 Å². The molecule has 0 aromatic carbocycles. The summed E-state index contributed by atoms with van der Waals surface area (Å²) in [5, 5.41) is 1.59. The lowest BCUT2D eigenvalue weighted by molar-refractivity contribution is 0.513. The second-order valence-electron chi connectivity index (χ2n) is 13.5. The van der Waals surface area contributed by atoms with E-state index in [1.807, 2.05) is 113 Å². The van der Waals surface area contributed by atoms with Crippen molar-refractivity contribution in [1.82, 2.24) is 24.5 Å². The van der Waals surface area contributed by atoms with E-state index < -0.39 is 0 Å². The van der Waals surface area contributed by atoms with Gasteiger partial charge in [0.1, 0.15) is 10.8 Å². The first-order valence-corrected chi connectivity index (χ1v) is 21.2. The molecular weight excluding hydrogens is 778 g/mol. The maximum Gasteiger partial charge on any atom is 0.227 e. The van der Waals surface area contributed by atoms with Gasteiger partial charge in [-0.25, -0.2) is 19.9 Å². The van der Waals surface area contributed by atoms with Crippen LogP contribution in [0.4, 0.5) is 0 Å². The highest BCUT2D eigenvalue weighted by atomic mass is 32.1. The lowest BCUT2D eigenvalue weighted by atomic mass is 9.78. The first-order chi connectivity index (χ1) is 30.0. The van der Waals surface area contributed by atoms with E-state index in [-0.39, 0.29) is 0 Å². The maximum atomic E-state index is 6.28.